The lowest BCUT2D eigenvalue weighted by atomic mass is 9.78. The van der Waals surface area contributed by atoms with Crippen molar-refractivity contribution in [1.29, 1.82) is 0 Å². The summed E-state index contributed by atoms with van der Waals surface area (Å²) < 4.78 is 1.84. The van der Waals surface area contributed by atoms with Crippen molar-refractivity contribution >= 4 is 23.2 Å². The summed E-state index contributed by atoms with van der Waals surface area (Å²) in [5, 5.41) is 4.75. The topological polar surface area (TPSA) is 84.3 Å². The molecule has 4 rings (SSSR count). The van der Waals surface area contributed by atoms with Crippen LogP contribution in [0.2, 0.25) is 0 Å². The Bertz CT molecular complexity index is 924. The number of nitrogens with zero attached hydrogens (tertiary/aromatic N) is 3. The number of rotatable bonds is 5. The molecule has 8 heteroatoms. The van der Waals surface area contributed by atoms with Crippen LogP contribution in [0.25, 0.3) is 0 Å². The average molecular weight is 401 g/mol. The second-order valence-corrected chi connectivity index (χ2v) is 8.28. The van der Waals surface area contributed by atoms with Gasteiger partial charge < -0.3 is 14.8 Å². The molecule has 3 atom stereocenters. The molecule has 1 saturated heterocycles. The average Bonchev–Trinajstić information content (AvgIpc) is 3.22. The molecule has 0 aliphatic carbocycles. The summed E-state index contributed by atoms with van der Waals surface area (Å²) in [4.78, 5) is 43.5. The fraction of sp³-hybridized carbons (Fsp3) is 0.500. The maximum absolute atomic E-state index is 12.9. The second-order valence-electron chi connectivity index (χ2n) is 7.56. The van der Waals surface area contributed by atoms with Gasteiger partial charge in [-0.1, -0.05) is 13.0 Å². The van der Waals surface area contributed by atoms with E-state index in [2.05, 4.69) is 10.3 Å². The summed E-state index contributed by atoms with van der Waals surface area (Å²) in [6.45, 7) is 3.53. The smallest absolute Gasteiger partial charge is 0.273 e. The molecule has 1 fully saturated rings. The zero-order chi connectivity index (χ0) is 19.7. The number of likely N-dealkylation sites (tertiary alicyclic amines) is 1. The summed E-state index contributed by atoms with van der Waals surface area (Å²) >= 11 is 1.41. The van der Waals surface area contributed by atoms with E-state index in [0.717, 1.165) is 18.5 Å². The summed E-state index contributed by atoms with van der Waals surface area (Å²) in [5.41, 5.74) is 3.05. The number of thiazole rings is 1. The minimum absolute atomic E-state index is 0.00127. The molecule has 2 aromatic rings. The third-order valence-electron chi connectivity index (χ3n) is 5.72. The van der Waals surface area contributed by atoms with Crippen LogP contribution in [-0.2, 0) is 4.79 Å². The molecular formula is C20H24N4O3S. The second kappa shape index (κ2) is 7.87. The normalized spacial score (nSPS) is 23.2. The number of amides is 2. The van der Waals surface area contributed by atoms with E-state index < -0.39 is 0 Å². The number of hydrogen-bond acceptors (Lipinski definition) is 5. The van der Waals surface area contributed by atoms with Crippen LogP contribution >= 0.6 is 11.3 Å². The molecule has 0 radical (unpaired) electrons. The standard InChI is InChI=1S/C20H24N4O3S/c1-2-4-18(25)21-8-17-14-7-13(16-5-3-6-19(26)24(16)17)9-23(10-14)20(27)15-11-28-12-22-15/h3,5-6,11-14,17H,2,4,7-10H2,1H3,(H,21,25)/t13-,14+,17+/m1/s1. The summed E-state index contributed by atoms with van der Waals surface area (Å²) in [6.07, 6.45) is 2.18. The Hall–Kier alpha value is -2.48. The lowest BCUT2D eigenvalue weighted by Crippen LogP contribution is -2.53. The first-order valence-electron chi connectivity index (χ1n) is 9.74. The van der Waals surface area contributed by atoms with Gasteiger partial charge in [0.1, 0.15) is 5.69 Å². The third kappa shape index (κ3) is 3.48. The van der Waals surface area contributed by atoms with Gasteiger partial charge in [0.25, 0.3) is 11.5 Å². The van der Waals surface area contributed by atoms with Gasteiger partial charge in [0.05, 0.1) is 11.6 Å². The summed E-state index contributed by atoms with van der Waals surface area (Å²) in [5.74, 6) is 0.187. The zero-order valence-electron chi connectivity index (χ0n) is 15.8. The largest absolute Gasteiger partial charge is 0.354 e. The van der Waals surface area contributed by atoms with Crippen LogP contribution in [0.5, 0.6) is 0 Å². The zero-order valence-corrected chi connectivity index (χ0v) is 16.7. The highest BCUT2D eigenvalue weighted by molar-refractivity contribution is 7.07. The van der Waals surface area contributed by atoms with Gasteiger partial charge in [-0.15, -0.1) is 11.3 Å². The molecule has 2 bridgehead atoms. The van der Waals surface area contributed by atoms with E-state index in [0.29, 0.717) is 31.7 Å². The van der Waals surface area contributed by atoms with Gasteiger partial charge in [0.2, 0.25) is 5.91 Å². The Morgan fingerprint density at radius 3 is 2.93 bits per heavy atom. The Morgan fingerprint density at radius 2 is 2.18 bits per heavy atom. The Balaban J connectivity index is 1.63. The molecule has 2 aromatic heterocycles. The van der Waals surface area contributed by atoms with Crippen molar-refractivity contribution in [3.63, 3.8) is 0 Å². The Morgan fingerprint density at radius 1 is 1.32 bits per heavy atom. The van der Waals surface area contributed by atoms with Crippen molar-refractivity contribution in [1.82, 2.24) is 19.8 Å². The van der Waals surface area contributed by atoms with Crippen LogP contribution in [0, 0.1) is 5.92 Å². The van der Waals surface area contributed by atoms with Crippen molar-refractivity contribution in [2.75, 3.05) is 19.6 Å². The molecule has 4 heterocycles. The molecular weight excluding hydrogens is 376 g/mol. The van der Waals surface area contributed by atoms with Crippen LogP contribution < -0.4 is 10.9 Å². The first kappa shape index (κ1) is 18.9. The number of carbonyl (C=O) groups is 2. The van der Waals surface area contributed by atoms with Gasteiger partial charge >= 0.3 is 0 Å². The van der Waals surface area contributed by atoms with Gasteiger partial charge in [-0.05, 0) is 24.8 Å². The van der Waals surface area contributed by atoms with Crippen LogP contribution in [0.15, 0.2) is 33.9 Å². The molecule has 28 heavy (non-hydrogen) atoms. The van der Waals surface area contributed by atoms with E-state index in [9.17, 15) is 14.4 Å². The van der Waals surface area contributed by atoms with Gasteiger partial charge in [-0.3, -0.25) is 14.4 Å². The molecule has 0 unspecified atom stereocenters. The van der Waals surface area contributed by atoms with Gasteiger partial charge in [-0.2, -0.15) is 0 Å². The molecule has 0 saturated carbocycles. The predicted octanol–water partition coefficient (Wildman–Crippen LogP) is 2.02. The van der Waals surface area contributed by atoms with E-state index in [1.54, 1.807) is 23.0 Å². The van der Waals surface area contributed by atoms with Gasteiger partial charge in [0.15, 0.2) is 0 Å². The first-order valence-corrected chi connectivity index (χ1v) is 10.7. The highest BCUT2D eigenvalue weighted by Gasteiger charge is 2.42. The monoisotopic (exact) mass is 400 g/mol. The van der Waals surface area contributed by atoms with E-state index in [4.69, 9.17) is 0 Å². The Kier molecular flexibility index (Phi) is 5.30. The van der Waals surface area contributed by atoms with Crippen LogP contribution in [0.4, 0.5) is 0 Å². The number of hydrogen-bond donors (Lipinski definition) is 1. The molecule has 1 N–H and O–H groups in total. The molecule has 148 valence electrons. The number of carbonyl (C=O) groups excluding carboxylic acids is 2. The number of aromatic nitrogens is 2. The lowest BCUT2D eigenvalue weighted by molar-refractivity contribution is -0.121. The van der Waals surface area contributed by atoms with E-state index >= 15 is 0 Å². The van der Waals surface area contributed by atoms with E-state index in [-0.39, 0.29) is 35.3 Å². The number of piperidine rings is 1. The predicted molar refractivity (Wildman–Crippen MR) is 107 cm³/mol. The molecule has 2 amide bonds. The fourth-order valence-electron chi connectivity index (χ4n) is 4.48. The molecule has 7 nitrogen and oxygen atoms in total. The molecule has 2 aliphatic heterocycles. The maximum atomic E-state index is 12.9. The molecule has 0 spiro atoms. The Labute approximate surface area is 167 Å². The van der Waals surface area contributed by atoms with Crippen molar-refractivity contribution in [2.45, 2.75) is 38.1 Å². The van der Waals surface area contributed by atoms with Crippen LogP contribution in [-0.4, -0.2) is 45.9 Å². The highest BCUT2D eigenvalue weighted by atomic mass is 32.1. The van der Waals surface area contributed by atoms with E-state index in [1.807, 2.05) is 22.5 Å². The summed E-state index contributed by atoms with van der Waals surface area (Å²) in [7, 11) is 0. The number of pyridine rings is 1. The molecule has 2 aliphatic rings. The summed E-state index contributed by atoms with van der Waals surface area (Å²) in [6, 6.07) is 5.18. The quantitative estimate of drug-likeness (QED) is 0.832. The van der Waals surface area contributed by atoms with Crippen LogP contribution in [0.1, 0.15) is 54.3 Å². The molecule has 0 aromatic carbocycles. The van der Waals surface area contributed by atoms with Crippen molar-refractivity contribution in [3.8, 4) is 0 Å². The first-order chi connectivity index (χ1) is 13.6. The van der Waals surface area contributed by atoms with Gasteiger partial charge in [-0.25, -0.2) is 4.98 Å². The lowest BCUT2D eigenvalue weighted by Gasteiger charge is -2.46. The van der Waals surface area contributed by atoms with Crippen LogP contribution in [0.3, 0.4) is 0 Å². The van der Waals surface area contributed by atoms with Crippen molar-refractivity contribution < 1.29 is 9.59 Å². The SMILES string of the molecule is CCCC(=O)NC[C@H]1[C@H]2C[C@H](CN(C(=O)c3cscn3)C2)c2cccc(=O)n21. The third-order valence-corrected chi connectivity index (χ3v) is 6.31. The van der Waals surface area contributed by atoms with E-state index in [1.165, 1.54) is 11.3 Å². The fourth-order valence-corrected chi connectivity index (χ4v) is 5.01. The minimum Gasteiger partial charge on any atom is -0.354 e. The highest BCUT2D eigenvalue weighted by Crippen LogP contribution is 2.41. The van der Waals surface area contributed by atoms with Gasteiger partial charge in [0, 0.05) is 49.1 Å². The maximum Gasteiger partial charge on any atom is 0.273 e. The number of nitrogens with one attached hydrogen (secondary N) is 1. The number of fused-ring (bicyclic) bond motifs is 4. The van der Waals surface area contributed by atoms with Crippen molar-refractivity contribution in [2.24, 2.45) is 5.92 Å². The van der Waals surface area contributed by atoms with Crippen molar-refractivity contribution in [3.05, 3.63) is 50.8 Å². The minimum atomic E-state index is -0.146.